The van der Waals surface area contributed by atoms with Crippen molar-refractivity contribution in [3.05, 3.63) is 114 Å². The molecule has 5 heteroatoms. The molecule has 2 aliphatic carbocycles. The third-order valence-corrected chi connectivity index (χ3v) is 8.07. The van der Waals surface area contributed by atoms with Crippen LogP contribution in [0.25, 0.3) is 16.5 Å². The fourth-order valence-corrected chi connectivity index (χ4v) is 5.68. The SMILES string of the molecule is CC(=O)C1(c2ccccc2)CCCC1.O=C(O)CCc1ccc(NC(=C2CC2)c2nccc3ccccc23)cc1. The number of aliphatic carboxylic acids is 1. The molecule has 2 aliphatic rings. The molecule has 0 amide bonds. The highest BCUT2D eigenvalue weighted by Gasteiger charge is 2.39. The van der Waals surface area contributed by atoms with Crippen molar-refractivity contribution in [2.24, 2.45) is 0 Å². The summed E-state index contributed by atoms with van der Waals surface area (Å²) in [7, 11) is 0. The van der Waals surface area contributed by atoms with Crippen LogP contribution in [0, 0.1) is 0 Å². The van der Waals surface area contributed by atoms with Gasteiger partial charge in [0.1, 0.15) is 5.78 Å². The zero-order valence-electron chi connectivity index (χ0n) is 23.0. The summed E-state index contributed by atoms with van der Waals surface area (Å²) in [6.07, 6.45) is 9.21. The summed E-state index contributed by atoms with van der Waals surface area (Å²) in [5, 5.41) is 14.7. The van der Waals surface area contributed by atoms with Gasteiger partial charge in [0.2, 0.25) is 0 Å². The van der Waals surface area contributed by atoms with Gasteiger partial charge in [0, 0.05) is 23.7 Å². The van der Waals surface area contributed by atoms with Crippen LogP contribution in [0.2, 0.25) is 0 Å². The van der Waals surface area contributed by atoms with Crippen LogP contribution in [0.1, 0.15) is 68.7 Å². The van der Waals surface area contributed by atoms with Crippen LogP contribution in [0.3, 0.4) is 0 Å². The molecule has 2 fully saturated rings. The second-order valence-corrected chi connectivity index (χ2v) is 10.8. The first-order valence-corrected chi connectivity index (χ1v) is 14.2. The van der Waals surface area contributed by atoms with Crippen LogP contribution >= 0.6 is 0 Å². The van der Waals surface area contributed by atoms with E-state index in [0.717, 1.165) is 53.7 Å². The van der Waals surface area contributed by atoms with Gasteiger partial charge >= 0.3 is 5.97 Å². The number of nitrogens with zero attached hydrogens (tertiary/aromatic N) is 1. The highest BCUT2D eigenvalue weighted by Crippen LogP contribution is 2.41. The Kier molecular flexibility index (Phi) is 8.40. The van der Waals surface area contributed by atoms with Crippen molar-refractivity contribution in [3.63, 3.8) is 0 Å². The second kappa shape index (κ2) is 12.3. The lowest BCUT2D eigenvalue weighted by Crippen LogP contribution is -2.30. The van der Waals surface area contributed by atoms with Crippen molar-refractivity contribution in [2.75, 3.05) is 5.32 Å². The molecule has 1 heterocycles. The van der Waals surface area contributed by atoms with Crippen molar-refractivity contribution in [1.29, 1.82) is 0 Å². The van der Waals surface area contributed by atoms with Gasteiger partial charge in [-0.2, -0.15) is 0 Å². The Labute approximate surface area is 236 Å². The maximum Gasteiger partial charge on any atom is 0.303 e. The number of hydrogen-bond donors (Lipinski definition) is 2. The monoisotopic (exact) mass is 532 g/mol. The average molecular weight is 533 g/mol. The van der Waals surface area contributed by atoms with Gasteiger partial charge in [-0.3, -0.25) is 14.6 Å². The first kappa shape index (κ1) is 27.3. The van der Waals surface area contributed by atoms with Gasteiger partial charge in [0.05, 0.1) is 16.8 Å². The molecule has 6 rings (SSSR count). The molecule has 0 aliphatic heterocycles. The minimum atomic E-state index is -0.769. The van der Waals surface area contributed by atoms with E-state index >= 15 is 0 Å². The van der Waals surface area contributed by atoms with Gasteiger partial charge in [-0.15, -0.1) is 0 Å². The Bertz CT molecular complexity index is 1510. The molecule has 0 radical (unpaired) electrons. The van der Waals surface area contributed by atoms with Crippen molar-refractivity contribution in [2.45, 2.75) is 63.7 Å². The molecule has 40 heavy (non-hydrogen) atoms. The van der Waals surface area contributed by atoms with E-state index in [2.05, 4.69) is 34.6 Å². The molecular weight excluding hydrogens is 496 g/mol. The van der Waals surface area contributed by atoms with Crippen LogP contribution in [0.15, 0.2) is 96.7 Å². The van der Waals surface area contributed by atoms with Crippen LogP contribution in [-0.4, -0.2) is 21.8 Å². The molecule has 0 spiro atoms. The highest BCUT2D eigenvalue weighted by molar-refractivity contribution is 5.95. The van der Waals surface area contributed by atoms with E-state index in [-0.39, 0.29) is 11.8 Å². The molecule has 1 aromatic heterocycles. The fourth-order valence-electron chi connectivity index (χ4n) is 5.68. The van der Waals surface area contributed by atoms with E-state index in [9.17, 15) is 9.59 Å². The van der Waals surface area contributed by atoms with E-state index in [1.165, 1.54) is 29.4 Å². The third kappa shape index (κ3) is 6.31. The number of Topliss-reactive ketones (excluding diaryl/α,β-unsaturated/α-hetero) is 1. The number of fused-ring (bicyclic) bond motifs is 1. The number of carboxylic acid groups (broad SMARTS) is 1. The van der Waals surface area contributed by atoms with Crippen molar-refractivity contribution >= 4 is 33.9 Å². The first-order chi connectivity index (χ1) is 19.5. The van der Waals surface area contributed by atoms with Gasteiger partial charge in [0.15, 0.2) is 0 Å². The first-order valence-electron chi connectivity index (χ1n) is 14.2. The molecule has 2 saturated carbocycles. The number of pyridine rings is 1. The average Bonchev–Trinajstić information content (AvgIpc) is 3.70. The number of carbonyl (C=O) groups excluding carboxylic acids is 1. The van der Waals surface area contributed by atoms with Crippen LogP contribution < -0.4 is 5.32 Å². The summed E-state index contributed by atoms with van der Waals surface area (Å²) < 4.78 is 0. The molecular formula is C35H36N2O3. The molecule has 204 valence electrons. The number of aromatic nitrogens is 1. The van der Waals surface area contributed by atoms with Crippen molar-refractivity contribution < 1.29 is 14.7 Å². The van der Waals surface area contributed by atoms with Gasteiger partial charge in [0.25, 0.3) is 0 Å². The number of hydrogen-bond acceptors (Lipinski definition) is 4. The Balaban J connectivity index is 0.000000194. The van der Waals surface area contributed by atoms with Gasteiger partial charge < -0.3 is 10.4 Å². The third-order valence-electron chi connectivity index (χ3n) is 8.07. The predicted molar refractivity (Wildman–Crippen MR) is 161 cm³/mol. The Morgan fingerprint density at radius 1 is 0.875 bits per heavy atom. The van der Waals surface area contributed by atoms with Crippen LogP contribution in [0.5, 0.6) is 0 Å². The zero-order valence-corrected chi connectivity index (χ0v) is 23.0. The van der Waals surface area contributed by atoms with E-state index in [0.29, 0.717) is 12.2 Å². The largest absolute Gasteiger partial charge is 0.481 e. The molecule has 3 aromatic carbocycles. The molecule has 0 unspecified atom stereocenters. The topological polar surface area (TPSA) is 79.3 Å². The number of carbonyl (C=O) groups is 2. The molecule has 0 atom stereocenters. The zero-order chi connectivity index (χ0) is 28.0. The summed E-state index contributed by atoms with van der Waals surface area (Å²) in [5.74, 6) is -0.434. The summed E-state index contributed by atoms with van der Waals surface area (Å²) in [6, 6.07) is 28.5. The van der Waals surface area contributed by atoms with Crippen molar-refractivity contribution in [3.8, 4) is 0 Å². The normalized spacial score (nSPS) is 15.2. The second-order valence-electron chi connectivity index (χ2n) is 10.8. The molecule has 0 saturated heterocycles. The Morgan fingerprint density at radius 3 is 2.20 bits per heavy atom. The lowest BCUT2D eigenvalue weighted by Gasteiger charge is -2.26. The predicted octanol–water partition coefficient (Wildman–Crippen LogP) is 7.96. The lowest BCUT2D eigenvalue weighted by atomic mass is 9.76. The number of nitrogens with one attached hydrogen (secondary N) is 1. The maximum atomic E-state index is 11.8. The number of carboxylic acids is 1. The maximum absolute atomic E-state index is 11.8. The molecule has 2 N–H and O–H groups in total. The van der Waals surface area contributed by atoms with Gasteiger partial charge in [-0.1, -0.05) is 79.6 Å². The van der Waals surface area contributed by atoms with Crippen molar-refractivity contribution in [1.82, 2.24) is 4.98 Å². The summed E-state index contributed by atoms with van der Waals surface area (Å²) >= 11 is 0. The molecule has 4 aromatic rings. The molecule has 5 nitrogen and oxygen atoms in total. The lowest BCUT2D eigenvalue weighted by molar-refractivity contribution is -0.137. The fraction of sp³-hybridized carbons (Fsp3) is 0.286. The Morgan fingerprint density at radius 2 is 1.55 bits per heavy atom. The summed E-state index contributed by atoms with van der Waals surface area (Å²) in [5.41, 5.74) is 6.57. The number of allylic oxidation sites excluding steroid dienone is 1. The van der Waals surface area contributed by atoms with E-state index in [1.807, 2.05) is 66.9 Å². The summed E-state index contributed by atoms with van der Waals surface area (Å²) in [4.78, 5) is 27.1. The van der Waals surface area contributed by atoms with Gasteiger partial charge in [-0.25, -0.2) is 0 Å². The smallest absolute Gasteiger partial charge is 0.303 e. The van der Waals surface area contributed by atoms with Crippen LogP contribution in [-0.2, 0) is 21.4 Å². The van der Waals surface area contributed by atoms with E-state index in [1.54, 1.807) is 6.92 Å². The number of benzene rings is 3. The number of rotatable bonds is 8. The van der Waals surface area contributed by atoms with E-state index < -0.39 is 5.97 Å². The minimum absolute atomic E-state index is 0.152. The molecule has 0 bridgehead atoms. The minimum Gasteiger partial charge on any atom is -0.481 e. The quantitative estimate of drug-likeness (QED) is 0.241. The van der Waals surface area contributed by atoms with E-state index in [4.69, 9.17) is 5.11 Å². The number of ketones is 1. The Hall–Kier alpha value is -4.25. The van der Waals surface area contributed by atoms with Gasteiger partial charge in [-0.05, 0) is 79.3 Å². The van der Waals surface area contributed by atoms with Crippen LogP contribution in [0.4, 0.5) is 5.69 Å². The highest BCUT2D eigenvalue weighted by atomic mass is 16.4. The number of anilines is 1. The summed E-state index contributed by atoms with van der Waals surface area (Å²) in [6.45, 7) is 1.73. The standard InChI is InChI=1S/C22H20N2O2.C13H16O/c25-20(26)12-7-15-5-10-18(11-6-15)24-21(17-8-9-17)22-19-4-2-1-3-16(19)13-14-23-22;1-11(14)13(9-5-6-10-13)12-7-3-2-4-8-12/h1-6,10-11,13-14,24H,7-9,12H2,(H,25,26);2-4,7-8H,5-6,9-10H2,1H3. The number of aryl methyl sites for hydroxylation is 1.